The van der Waals surface area contributed by atoms with E-state index in [0.29, 0.717) is 29.6 Å². The molecule has 0 radical (unpaired) electrons. The van der Waals surface area contributed by atoms with Gasteiger partial charge in [-0.3, -0.25) is 4.31 Å². The average molecular weight is 463 g/mol. The van der Waals surface area contributed by atoms with Crippen molar-refractivity contribution >= 4 is 38.2 Å². The van der Waals surface area contributed by atoms with E-state index in [-0.39, 0.29) is 13.2 Å². The topological polar surface area (TPSA) is 87.5 Å². The Balaban J connectivity index is 1.92. The molecular formula is C22H27ClN4O3S. The van der Waals surface area contributed by atoms with E-state index in [0.717, 1.165) is 40.7 Å². The summed E-state index contributed by atoms with van der Waals surface area (Å²) in [4.78, 5) is 0. The summed E-state index contributed by atoms with van der Waals surface area (Å²) in [5.41, 5.74) is 4.33. The van der Waals surface area contributed by atoms with Crippen LogP contribution in [0.15, 0.2) is 36.4 Å². The molecule has 0 aliphatic heterocycles. The predicted octanol–water partition coefficient (Wildman–Crippen LogP) is 3.42. The highest BCUT2D eigenvalue weighted by Gasteiger charge is 2.31. The Morgan fingerprint density at radius 2 is 1.97 bits per heavy atom. The summed E-state index contributed by atoms with van der Waals surface area (Å²) in [7, 11) is -1.61. The van der Waals surface area contributed by atoms with Gasteiger partial charge in [0.05, 0.1) is 28.8 Å². The maximum Gasteiger partial charge on any atom is 0.232 e. The first kappa shape index (κ1) is 22.1. The lowest BCUT2D eigenvalue weighted by Crippen LogP contribution is -2.32. The third-order valence-electron chi connectivity index (χ3n) is 5.54. The van der Waals surface area contributed by atoms with Crippen molar-refractivity contribution in [2.24, 2.45) is 0 Å². The molecule has 2 N–H and O–H groups in total. The lowest BCUT2D eigenvalue weighted by molar-refractivity contribution is 0.291. The molecular weight excluding hydrogens is 436 g/mol. The molecule has 0 amide bonds. The van der Waals surface area contributed by atoms with E-state index >= 15 is 0 Å². The number of aliphatic hydroxyl groups excluding tert-OH is 1. The second-order valence-electron chi connectivity index (χ2n) is 7.98. The molecule has 166 valence electrons. The van der Waals surface area contributed by atoms with Crippen molar-refractivity contribution < 1.29 is 13.5 Å². The highest BCUT2D eigenvalue weighted by molar-refractivity contribution is 7.92. The van der Waals surface area contributed by atoms with E-state index in [2.05, 4.69) is 11.4 Å². The van der Waals surface area contributed by atoms with Gasteiger partial charge in [0.15, 0.2) is 0 Å². The quantitative estimate of drug-likeness (QED) is 0.508. The van der Waals surface area contributed by atoms with Crippen molar-refractivity contribution in [3.63, 3.8) is 0 Å². The highest BCUT2D eigenvalue weighted by atomic mass is 35.5. The smallest absolute Gasteiger partial charge is 0.232 e. The van der Waals surface area contributed by atoms with Gasteiger partial charge in [0.1, 0.15) is 0 Å². The molecule has 1 aromatic heterocycles. The molecule has 1 heterocycles. The summed E-state index contributed by atoms with van der Waals surface area (Å²) in [6.07, 6.45) is 3.68. The van der Waals surface area contributed by atoms with Gasteiger partial charge in [-0.15, -0.1) is 0 Å². The van der Waals surface area contributed by atoms with E-state index < -0.39 is 10.0 Å². The molecule has 1 aliphatic rings. The highest BCUT2D eigenvalue weighted by Crippen LogP contribution is 2.46. The fraction of sp³-hybridized carbons (Fsp3) is 0.409. The predicted molar refractivity (Wildman–Crippen MR) is 125 cm³/mol. The van der Waals surface area contributed by atoms with Crippen LogP contribution in [0.4, 0.5) is 5.69 Å². The normalized spacial score (nSPS) is 14.3. The van der Waals surface area contributed by atoms with Crippen LogP contribution in [-0.2, 0) is 16.6 Å². The number of nitrogens with one attached hydrogen (secondary N) is 1. The summed E-state index contributed by atoms with van der Waals surface area (Å²) >= 11 is 6.06. The minimum absolute atomic E-state index is 0.0649. The Kier molecular flexibility index (Phi) is 6.25. The van der Waals surface area contributed by atoms with E-state index in [1.54, 1.807) is 0 Å². The molecule has 1 fully saturated rings. The summed E-state index contributed by atoms with van der Waals surface area (Å²) in [6, 6.07) is 11.5. The second kappa shape index (κ2) is 8.78. The van der Waals surface area contributed by atoms with Crippen LogP contribution in [0.1, 0.15) is 36.4 Å². The van der Waals surface area contributed by atoms with Gasteiger partial charge in [0, 0.05) is 30.1 Å². The van der Waals surface area contributed by atoms with Gasteiger partial charge in [0.2, 0.25) is 10.0 Å². The molecule has 2 aromatic carbocycles. The van der Waals surface area contributed by atoms with Gasteiger partial charge < -0.3 is 10.4 Å². The monoisotopic (exact) mass is 462 g/mol. The van der Waals surface area contributed by atoms with Crippen LogP contribution in [0.5, 0.6) is 0 Å². The van der Waals surface area contributed by atoms with Crippen molar-refractivity contribution in [1.82, 2.24) is 15.1 Å². The van der Waals surface area contributed by atoms with E-state index in [9.17, 15) is 13.5 Å². The number of hydrogen-bond acceptors (Lipinski definition) is 5. The van der Waals surface area contributed by atoms with Gasteiger partial charge in [0.25, 0.3) is 0 Å². The Morgan fingerprint density at radius 1 is 1.26 bits per heavy atom. The zero-order valence-corrected chi connectivity index (χ0v) is 19.2. The Morgan fingerprint density at radius 3 is 2.55 bits per heavy atom. The Labute approximate surface area is 187 Å². The summed E-state index contributed by atoms with van der Waals surface area (Å²) in [5, 5.41) is 19.0. The first-order valence-corrected chi connectivity index (χ1v) is 12.6. The maximum atomic E-state index is 12.6. The minimum Gasteiger partial charge on any atom is -0.396 e. The first-order valence-electron chi connectivity index (χ1n) is 10.4. The van der Waals surface area contributed by atoms with E-state index in [4.69, 9.17) is 16.7 Å². The molecule has 7 nitrogen and oxygen atoms in total. The summed E-state index contributed by atoms with van der Waals surface area (Å²) in [6.45, 7) is 0.787. The lowest BCUT2D eigenvalue weighted by atomic mass is 10.0. The third kappa shape index (κ3) is 4.57. The van der Waals surface area contributed by atoms with Crippen LogP contribution in [0.25, 0.3) is 16.6 Å². The molecule has 0 spiro atoms. The second-order valence-corrected chi connectivity index (χ2v) is 10.3. The number of rotatable bonds is 9. The number of hydrogen-bond donors (Lipinski definition) is 2. The van der Waals surface area contributed by atoms with Crippen LogP contribution in [0.3, 0.4) is 0 Å². The summed E-state index contributed by atoms with van der Waals surface area (Å²) in [5.74, 6) is 0.346. The number of benzene rings is 2. The number of aliphatic hydroxyl groups is 1. The van der Waals surface area contributed by atoms with Gasteiger partial charge in [-0.1, -0.05) is 11.6 Å². The fourth-order valence-corrected chi connectivity index (χ4v) is 5.04. The van der Waals surface area contributed by atoms with Crippen LogP contribution < -0.4 is 9.62 Å². The fourth-order valence-electron chi connectivity index (χ4n) is 3.94. The molecule has 1 saturated carbocycles. The minimum atomic E-state index is -3.50. The van der Waals surface area contributed by atoms with Crippen LogP contribution in [0, 0.1) is 0 Å². The van der Waals surface area contributed by atoms with Crippen molar-refractivity contribution in [3.05, 3.63) is 52.7 Å². The number of anilines is 1. The standard InChI is InChI=1S/C22H27ClN4O3S/c1-24-14-22-19-12-18(15-4-5-15)21(26(10-3-11-28)31(2,29)30)13-20(19)25-27(22)17-8-6-16(23)7-9-17/h6-9,12-13,15,24,28H,3-5,10-11,14H2,1-2H3. The van der Waals surface area contributed by atoms with Crippen LogP contribution in [0.2, 0.25) is 5.02 Å². The number of fused-ring (bicyclic) bond motifs is 1. The molecule has 31 heavy (non-hydrogen) atoms. The van der Waals surface area contributed by atoms with E-state index in [1.165, 1.54) is 10.6 Å². The van der Waals surface area contributed by atoms with E-state index in [1.807, 2.05) is 42.1 Å². The van der Waals surface area contributed by atoms with Crippen molar-refractivity contribution in [1.29, 1.82) is 0 Å². The first-order chi connectivity index (χ1) is 14.8. The molecule has 9 heteroatoms. The molecule has 0 atom stereocenters. The van der Waals surface area contributed by atoms with Crippen LogP contribution in [-0.4, -0.2) is 49.8 Å². The maximum absolute atomic E-state index is 12.6. The van der Waals surface area contributed by atoms with Gasteiger partial charge in [-0.25, -0.2) is 13.1 Å². The number of nitrogens with zero attached hydrogens (tertiary/aromatic N) is 3. The van der Waals surface area contributed by atoms with Gasteiger partial charge in [-0.05, 0) is 74.2 Å². The number of aromatic nitrogens is 2. The molecule has 0 unspecified atom stereocenters. The van der Waals surface area contributed by atoms with Gasteiger partial charge >= 0.3 is 0 Å². The van der Waals surface area contributed by atoms with Crippen molar-refractivity contribution in [2.75, 3.05) is 30.8 Å². The van der Waals surface area contributed by atoms with Crippen molar-refractivity contribution in [3.8, 4) is 5.69 Å². The zero-order valence-electron chi connectivity index (χ0n) is 17.7. The number of halogens is 1. The number of sulfonamides is 1. The summed E-state index contributed by atoms with van der Waals surface area (Å²) < 4.78 is 28.5. The largest absolute Gasteiger partial charge is 0.396 e. The van der Waals surface area contributed by atoms with Crippen LogP contribution >= 0.6 is 11.6 Å². The third-order valence-corrected chi connectivity index (χ3v) is 6.97. The van der Waals surface area contributed by atoms with Gasteiger partial charge in [-0.2, -0.15) is 5.10 Å². The Hall–Kier alpha value is -2.13. The van der Waals surface area contributed by atoms with Crippen molar-refractivity contribution in [2.45, 2.75) is 31.7 Å². The average Bonchev–Trinajstić information content (AvgIpc) is 3.51. The molecule has 4 rings (SSSR count). The molecule has 1 aliphatic carbocycles. The molecule has 3 aromatic rings. The Bertz CT molecular complexity index is 1190. The molecule has 0 saturated heterocycles. The SMILES string of the molecule is CNCc1c2cc(C3CC3)c(N(CCCO)S(C)(=O)=O)cc2nn1-c1ccc(Cl)cc1. The lowest BCUT2D eigenvalue weighted by Gasteiger charge is -2.25. The zero-order chi connectivity index (χ0) is 22.2. The molecule has 0 bridgehead atoms.